The predicted molar refractivity (Wildman–Crippen MR) is 109 cm³/mol. The van der Waals surface area contributed by atoms with E-state index in [9.17, 15) is 4.79 Å². The highest BCUT2D eigenvalue weighted by molar-refractivity contribution is 5.95. The third-order valence-corrected chi connectivity index (χ3v) is 5.28. The Morgan fingerprint density at radius 1 is 1.31 bits per heavy atom. The van der Waals surface area contributed by atoms with Crippen molar-refractivity contribution < 1.29 is 9.21 Å². The molecule has 1 atom stereocenters. The standard InChI is InChI=1S/C21H26N6O2/c1-2-18-17(7-11-29-18)21(28)26-9-5-3-4-6-16(13-26)25-19-12-20(24-14-23-19)27-10-8-22-15-27/h7-8,10-12,14-16H,2-6,9,13H2,1H3,(H,23,24,25)/t16-/m0/s1. The van der Waals surface area contributed by atoms with Gasteiger partial charge in [0.1, 0.15) is 30.1 Å². The molecule has 0 aromatic carbocycles. The SMILES string of the molecule is CCc1occc1C(=O)N1CCCCC[C@H](Nc2cc(-n3ccnc3)ncn2)C1. The van der Waals surface area contributed by atoms with Crippen LogP contribution in [0.3, 0.4) is 0 Å². The number of furan rings is 1. The van der Waals surface area contributed by atoms with Crippen molar-refractivity contribution in [2.24, 2.45) is 0 Å². The molecule has 0 saturated carbocycles. The van der Waals surface area contributed by atoms with Crippen LogP contribution in [0.1, 0.15) is 48.7 Å². The summed E-state index contributed by atoms with van der Waals surface area (Å²) in [6, 6.07) is 3.81. The highest BCUT2D eigenvalue weighted by Crippen LogP contribution is 2.20. The molecule has 0 radical (unpaired) electrons. The second-order valence-corrected chi connectivity index (χ2v) is 7.28. The van der Waals surface area contributed by atoms with Crippen molar-refractivity contribution in [2.75, 3.05) is 18.4 Å². The van der Waals surface area contributed by atoms with Gasteiger partial charge in [0, 0.05) is 44.0 Å². The quantitative estimate of drug-likeness (QED) is 0.714. The first-order valence-electron chi connectivity index (χ1n) is 10.2. The molecule has 4 rings (SSSR count). The molecule has 152 valence electrons. The van der Waals surface area contributed by atoms with Gasteiger partial charge >= 0.3 is 0 Å². The fraction of sp³-hybridized carbons (Fsp3) is 0.429. The van der Waals surface area contributed by atoms with Crippen LogP contribution in [0, 0.1) is 0 Å². The number of amides is 1. The number of imidazole rings is 1. The third kappa shape index (κ3) is 4.47. The summed E-state index contributed by atoms with van der Waals surface area (Å²) in [7, 11) is 0. The molecule has 3 aromatic heterocycles. The van der Waals surface area contributed by atoms with Crippen LogP contribution in [0.4, 0.5) is 5.82 Å². The Balaban J connectivity index is 1.49. The van der Waals surface area contributed by atoms with Crippen molar-refractivity contribution in [3.63, 3.8) is 0 Å². The zero-order valence-electron chi connectivity index (χ0n) is 16.6. The number of hydrogen-bond donors (Lipinski definition) is 1. The fourth-order valence-electron chi connectivity index (χ4n) is 3.77. The van der Waals surface area contributed by atoms with Crippen molar-refractivity contribution in [1.82, 2.24) is 24.4 Å². The maximum absolute atomic E-state index is 13.1. The van der Waals surface area contributed by atoms with Gasteiger partial charge in [-0.1, -0.05) is 19.8 Å². The van der Waals surface area contributed by atoms with E-state index < -0.39 is 0 Å². The smallest absolute Gasteiger partial charge is 0.257 e. The number of rotatable bonds is 5. The van der Waals surface area contributed by atoms with Gasteiger partial charge in [-0.05, 0) is 18.9 Å². The van der Waals surface area contributed by atoms with E-state index in [-0.39, 0.29) is 11.9 Å². The molecule has 1 fully saturated rings. The fourth-order valence-corrected chi connectivity index (χ4v) is 3.77. The first kappa shape index (κ1) is 19.2. The number of aryl methyl sites for hydroxylation is 1. The Kier molecular flexibility index (Phi) is 5.88. The molecule has 4 heterocycles. The summed E-state index contributed by atoms with van der Waals surface area (Å²) in [6.07, 6.45) is 13.4. The zero-order chi connectivity index (χ0) is 20.1. The number of carbonyl (C=O) groups is 1. The van der Waals surface area contributed by atoms with Crippen LogP contribution >= 0.6 is 0 Å². The van der Waals surface area contributed by atoms with Crippen LogP contribution in [-0.2, 0) is 6.42 Å². The average molecular weight is 394 g/mol. The van der Waals surface area contributed by atoms with Crippen molar-refractivity contribution in [2.45, 2.75) is 45.1 Å². The summed E-state index contributed by atoms with van der Waals surface area (Å²) in [4.78, 5) is 27.8. The van der Waals surface area contributed by atoms with Gasteiger partial charge in [0.25, 0.3) is 5.91 Å². The molecule has 0 bridgehead atoms. The van der Waals surface area contributed by atoms with Gasteiger partial charge in [-0.3, -0.25) is 9.36 Å². The minimum absolute atomic E-state index is 0.0473. The number of likely N-dealkylation sites (tertiary alicyclic amines) is 1. The van der Waals surface area contributed by atoms with Crippen LogP contribution in [0.25, 0.3) is 5.82 Å². The number of anilines is 1. The molecule has 1 aliphatic heterocycles. The normalized spacial score (nSPS) is 17.6. The van der Waals surface area contributed by atoms with Gasteiger partial charge in [-0.15, -0.1) is 0 Å². The van der Waals surface area contributed by atoms with E-state index in [1.54, 1.807) is 31.2 Å². The van der Waals surface area contributed by atoms with Crippen LogP contribution in [0.2, 0.25) is 0 Å². The lowest BCUT2D eigenvalue weighted by molar-refractivity contribution is 0.0733. The second-order valence-electron chi connectivity index (χ2n) is 7.28. The van der Waals surface area contributed by atoms with Crippen LogP contribution < -0.4 is 5.32 Å². The number of nitrogens with zero attached hydrogens (tertiary/aromatic N) is 5. The lowest BCUT2D eigenvalue weighted by Gasteiger charge is -2.31. The van der Waals surface area contributed by atoms with Gasteiger partial charge in [-0.25, -0.2) is 15.0 Å². The van der Waals surface area contributed by atoms with E-state index >= 15 is 0 Å². The van der Waals surface area contributed by atoms with Crippen molar-refractivity contribution >= 4 is 11.7 Å². The minimum Gasteiger partial charge on any atom is -0.469 e. The molecule has 8 heteroatoms. The number of nitrogens with one attached hydrogen (secondary N) is 1. The molecule has 29 heavy (non-hydrogen) atoms. The lowest BCUT2D eigenvalue weighted by atomic mass is 10.0. The Labute approximate surface area is 170 Å². The van der Waals surface area contributed by atoms with E-state index in [2.05, 4.69) is 20.3 Å². The van der Waals surface area contributed by atoms with Crippen molar-refractivity contribution in [3.05, 3.63) is 54.8 Å². The van der Waals surface area contributed by atoms with Gasteiger partial charge in [0.05, 0.1) is 11.8 Å². The summed E-state index contributed by atoms with van der Waals surface area (Å²) in [5.41, 5.74) is 0.677. The Morgan fingerprint density at radius 2 is 2.24 bits per heavy atom. The molecule has 0 spiro atoms. The molecule has 1 saturated heterocycles. The van der Waals surface area contributed by atoms with Gasteiger partial charge < -0.3 is 14.6 Å². The molecule has 3 aromatic rings. The lowest BCUT2D eigenvalue weighted by Crippen LogP contribution is -2.42. The highest BCUT2D eigenvalue weighted by atomic mass is 16.3. The number of aromatic nitrogens is 4. The molecular formula is C21H26N6O2. The maximum Gasteiger partial charge on any atom is 0.257 e. The molecule has 1 N–H and O–H groups in total. The maximum atomic E-state index is 13.1. The van der Waals surface area contributed by atoms with Gasteiger partial charge in [-0.2, -0.15) is 0 Å². The summed E-state index contributed by atoms with van der Waals surface area (Å²) in [5, 5.41) is 3.51. The van der Waals surface area contributed by atoms with E-state index in [1.165, 1.54) is 0 Å². The van der Waals surface area contributed by atoms with Crippen molar-refractivity contribution in [3.8, 4) is 5.82 Å². The molecule has 0 unspecified atom stereocenters. The Morgan fingerprint density at radius 3 is 3.07 bits per heavy atom. The minimum atomic E-state index is 0.0473. The van der Waals surface area contributed by atoms with Crippen molar-refractivity contribution in [1.29, 1.82) is 0 Å². The molecule has 0 aliphatic carbocycles. The highest BCUT2D eigenvalue weighted by Gasteiger charge is 2.24. The van der Waals surface area contributed by atoms with E-state index in [4.69, 9.17) is 4.42 Å². The third-order valence-electron chi connectivity index (χ3n) is 5.28. The van der Waals surface area contributed by atoms with Gasteiger partial charge in [0.2, 0.25) is 0 Å². The van der Waals surface area contributed by atoms with E-state index in [0.29, 0.717) is 18.5 Å². The zero-order valence-corrected chi connectivity index (χ0v) is 16.6. The summed E-state index contributed by atoms with van der Waals surface area (Å²) in [5.74, 6) is 2.30. The predicted octanol–water partition coefficient (Wildman–Crippen LogP) is 3.31. The van der Waals surface area contributed by atoms with Crippen LogP contribution in [0.5, 0.6) is 0 Å². The second kappa shape index (κ2) is 8.89. The average Bonchev–Trinajstić information content (AvgIpc) is 3.41. The first-order valence-corrected chi connectivity index (χ1v) is 10.2. The monoisotopic (exact) mass is 394 g/mol. The molecular weight excluding hydrogens is 368 g/mol. The first-order chi connectivity index (χ1) is 14.2. The van der Waals surface area contributed by atoms with E-state index in [1.807, 2.05) is 28.7 Å². The molecule has 1 aliphatic rings. The largest absolute Gasteiger partial charge is 0.469 e. The van der Waals surface area contributed by atoms with Gasteiger partial charge in [0.15, 0.2) is 0 Å². The number of hydrogen-bond acceptors (Lipinski definition) is 6. The molecule has 8 nitrogen and oxygen atoms in total. The summed E-state index contributed by atoms with van der Waals surface area (Å²) in [6.45, 7) is 3.40. The molecule has 1 amide bonds. The topological polar surface area (TPSA) is 89.1 Å². The van der Waals surface area contributed by atoms with E-state index in [0.717, 1.165) is 49.6 Å². The Hall–Kier alpha value is -3.16. The summed E-state index contributed by atoms with van der Waals surface area (Å²) >= 11 is 0. The van der Waals surface area contributed by atoms with Crippen LogP contribution in [-0.4, -0.2) is 49.5 Å². The Bertz CT molecular complexity index is 936. The summed E-state index contributed by atoms with van der Waals surface area (Å²) < 4.78 is 7.30. The number of carbonyl (C=O) groups excluding carboxylic acids is 1. The van der Waals surface area contributed by atoms with Crippen LogP contribution in [0.15, 0.2) is 47.9 Å².